The monoisotopic (exact) mass is 382 g/mol. The first kappa shape index (κ1) is 19.7. The lowest BCUT2D eigenvalue weighted by atomic mass is 10.0. The second-order valence-corrected chi connectivity index (χ2v) is 6.74. The van der Waals surface area contributed by atoms with Crippen molar-refractivity contribution >= 4 is 11.6 Å². The summed E-state index contributed by atoms with van der Waals surface area (Å²) in [6.07, 6.45) is 3.02. The van der Waals surface area contributed by atoms with Crippen molar-refractivity contribution < 1.29 is 9.66 Å². The first-order valence-electron chi connectivity index (χ1n) is 9.67. The molecule has 1 heterocycles. The summed E-state index contributed by atoms with van der Waals surface area (Å²) in [5, 5.41) is 17.7. The maximum absolute atomic E-state index is 10.8. The number of non-ortho nitro benzene ring substituents is 1. The van der Waals surface area contributed by atoms with Crippen LogP contribution >= 0.6 is 0 Å². The molecule has 0 saturated heterocycles. The molecule has 7 heteroatoms. The van der Waals surface area contributed by atoms with Gasteiger partial charge in [-0.05, 0) is 18.1 Å². The van der Waals surface area contributed by atoms with Crippen LogP contribution in [0.4, 0.5) is 5.69 Å². The lowest BCUT2D eigenvalue weighted by Crippen LogP contribution is -2.41. The Morgan fingerprint density at radius 3 is 2.79 bits per heavy atom. The fourth-order valence-corrected chi connectivity index (χ4v) is 3.09. The average Bonchev–Trinajstić information content (AvgIpc) is 2.72. The van der Waals surface area contributed by atoms with E-state index in [1.54, 1.807) is 12.1 Å². The number of aliphatic imine (C=N–C) groups is 1. The third kappa shape index (κ3) is 5.22. The summed E-state index contributed by atoms with van der Waals surface area (Å²) in [7, 11) is 0. The standard InChI is InChI=1S/C21H26N4O3/c1-2-3-13-22-21(23-15-16-8-10-17(11-9-16)25(26)27)24-19-12-14-28-20-7-5-4-6-18(19)20/h4-11,19H,2-3,12-15H2,1H3,(H2,22,23,24). The Kier molecular flexibility index (Phi) is 6.84. The van der Waals surface area contributed by atoms with E-state index in [4.69, 9.17) is 9.73 Å². The van der Waals surface area contributed by atoms with Crippen molar-refractivity contribution in [1.82, 2.24) is 10.6 Å². The van der Waals surface area contributed by atoms with Crippen LogP contribution in [0.2, 0.25) is 0 Å². The molecule has 0 fully saturated rings. The van der Waals surface area contributed by atoms with E-state index in [0.717, 1.165) is 48.6 Å². The van der Waals surface area contributed by atoms with E-state index in [9.17, 15) is 10.1 Å². The highest BCUT2D eigenvalue weighted by Crippen LogP contribution is 2.31. The molecule has 148 valence electrons. The highest BCUT2D eigenvalue weighted by atomic mass is 16.6. The Morgan fingerprint density at radius 1 is 1.25 bits per heavy atom. The third-order valence-corrected chi connectivity index (χ3v) is 4.66. The number of ether oxygens (including phenoxy) is 1. The molecule has 28 heavy (non-hydrogen) atoms. The van der Waals surface area contributed by atoms with Crippen molar-refractivity contribution in [2.24, 2.45) is 4.99 Å². The third-order valence-electron chi connectivity index (χ3n) is 4.66. The lowest BCUT2D eigenvalue weighted by Gasteiger charge is -2.28. The van der Waals surface area contributed by atoms with Crippen molar-refractivity contribution in [3.05, 3.63) is 69.8 Å². The van der Waals surface area contributed by atoms with Crippen molar-refractivity contribution in [2.45, 2.75) is 38.8 Å². The van der Waals surface area contributed by atoms with Gasteiger partial charge in [0.1, 0.15) is 5.75 Å². The molecule has 1 atom stereocenters. The Morgan fingerprint density at radius 2 is 2.04 bits per heavy atom. The van der Waals surface area contributed by atoms with Gasteiger partial charge >= 0.3 is 0 Å². The molecule has 2 aromatic carbocycles. The maximum Gasteiger partial charge on any atom is 0.269 e. The number of nitrogens with zero attached hydrogens (tertiary/aromatic N) is 2. The van der Waals surface area contributed by atoms with Gasteiger partial charge in [0.05, 0.1) is 24.1 Å². The number of para-hydroxylation sites is 1. The van der Waals surface area contributed by atoms with Gasteiger partial charge in [-0.1, -0.05) is 43.7 Å². The number of nitro groups is 1. The molecule has 3 rings (SSSR count). The zero-order chi connectivity index (χ0) is 19.8. The van der Waals surface area contributed by atoms with Crippen LogP contribution in [0.1, 0.15) is 43.4 Å². The van der Waals surface area contributed by atoms with Crippen molar-refractivity contribution in [3.63, 3.8) is 0 Å². The minimum Gasteiger partial charge on any atom is -0.493 e. The van der Waals surface area contributed by atoms with Crippen LogP contribution in [0, 0.1) is 10.1 Å². The summed E-state index contributed by atoms with van der Waals surface area (Å²) in [4.78, 5) is 15.1. The molecular weight excluding hydrogens is 356 g/mol. The minimum atomic E-state index is -0.394. The quantitative estimate of drug-likeness (QED) is 0.249. The molecule has 1 unspecified atom stereocenters. The first-order chi connectivity index (χ1) is 13.7. The molecule has 0 aliphatic carbocycles. The summed E-state index contributed by atoms with van der Waals surface area (Å²) >= 11 is 0. The molecule has 0 spiro atoms. The zero-order valence-electron chi connectivity index (χ0n) is 16.1. The fourth-order valence-electron chi connectivity index (χ4n) is 3.09. The van der Waals surface area contributed by atoms with Gasteiger partial charge < -0.3 is 15.4 Å². The number of fused-ring (bicyclic) bond motifs is 1. The summed E-state index contributed by atoms with van der Waals surface area (Å²) in [6.45, 7) is 4.11. The molecule has 2 aromatic rings. The number of nitrogens with one attached hydrogen (secondary N) is 2. The van der Waals surface area contributed by atoms with E-state index in [2.05, 4.69) is 23.6 Å². The highest BCUT2D eigenvalue weighted by Gasteiger charge is 2.21. The summed E-state index contributed by atoms with van der Waals surface area (Å²) < 4.78 is 5.74. The van der Waals surface area contributed by atoms with Crippen LogP contribution < -0.4 is 15.4 Å². The smallest absolute Gasteiger partial charge is 0.269 e. The van der Waals surface area contributed by atoms with Crippen LogP contribution in [0.3, 0.4) is 0 Å². The Labute approximate surface area is 165 Å². The molecule has 2 N–H and O–H groups in total. The maximum atomic E-state index is 10.8. The lowest BCUT2D eigenvalue weighted by molar-refractivity contribution is -0.384. The predicted octanol–water partition coefficient (Wildman–Crippen LogP) is 3.95. The zero-order valence-corrected chi connectivity index (χ0v) is 16.1. The highest BCUT2D eigenvalue weighted by molar-refractivity contribution is 5.80. The van der Waals surface area contributed by atoms with Crippen LogP contribution in [0.25, 0.3) is 0 Å². The molecule has 1 aliphatic rings. The number of nitro benzene ring substituents is 1. The van der Waals surface area contributed by atoms with Gasteiger partial charge in [0.2, 0.25) is 0 Å². The van der Waals surface area contributed by atoms with E-state index in [1.807, 2.05) is 18.2 Å². The van der Waals surface area contributed by atoms with Gasteiger partial charge in [-0.3, -0.25) is 10.1 Å². The molecule has 0 aromatic heterocycles. The van der Waals surface area contributed by atoms with Gasteiger partial charge in [0.15, 0.2) is 5.96 Å². The van der Waals surface area contributed by atoms with Gasteiger partial charge in [-0.25, -0.2) is 4.99 Å². The van der Waals surface area contributed by atoms with Crippen LogP contribution in [0.15, 0.2) is 53.5 Å². The molecule has 0 amide bonds. The van der Waals surface area contributed by atoms with Crippen molar-refractivity contribution in [3.8, 4) is 5.75 Å². The molecule has 1 aliphatic heterocycles. The number of hydrogen-bond acceptors (Lipinski definition) is 4. The van der Waals surface area contributed by atoms with Gasteiger partial charge in [0.25, 0.3) is 5.69 Å². The number of benzene rings is 2. The largest absolute Gasteiger partial charge is 0.493 e. The number of rotatable bonds is 7. The Bertz CT molecular complexity index is 821. The fraction of sp³-hybridized carbons (Fsp3) is 0.381. The van der Waals surface area contributed by atoms with Crippen LogP contribution in [0.5, 0.6) is 5.75 Å². The molecule has 0 radical (unpaired) electrons. The van der Waals surface area contributed by atoms with E-state index < -0.39 is 4.92 Å². The topological polar surface area (TPSA) is 88.8 Å². The minimum absolute atomic E-state index is 0.0889. The van der Waals surface area contributed by atoms with E-state index in [1.165, 1.54) is 12.1 Å². The normalized spacial score (nSPS) is 16.0. The summed E-state index contributed by atoms with van der Waals surface area (Å²) in [6, 6.07) is 14.7. The van der Waals surface area contributed by atoms with Gasteiger partial charge in [-0.15, -0.1) is 0 Å². The number of unbranched alkanes of at least 4 members (excludes halogenated alkanes) is 1. The predicted molar refractivity (Wildman–Crippen MR) is 110 cm³/mol. The number of hydrogen-bond donors (Lipinski definition) is 2. The molecule has 0 saturated carbocycles. The van der Waals surface area contributed by atoms with E-state index >= 15 is 0 Å². The first-order valence-corrected chi connectivity index (χ1v) is 9.67. The number of guanidine groups is 1. The summed E-state index contributed by atoms with van der Waals surface area (Å²) in [5.41, 5.74) is 2.15. The second-order valence-electron chi connectivity index (χ2n) is 6.74. The van der Waals surface area contributed by atoms with Crippen LogP contribution in [-0.4, -0.2) is 24.0 Å². The van der Waals surface area contributed by atoms with Crippen LogP contribution in [-0.2, 0) is 6.54 Å². The average molecular weight is 382 g/mol. The van der Waals surface area contributed by atoms with Crippen molar-refractivity contribution in [2.75, 3.05) is 13.2 Å². The molecule has 0 bridgehead atoms. The van der Waals surface area contributed by atoms with Crippen molar-refractivity contribution in [1.29, 1.82) is 0 Å². The molecule has 7 nitrogen and oxygen atoms in total. The van der Waals surface area contributed by atoms with E-state index in [0.29, 0.717) is 13.2 Å². The van der Waals surface area contributed by atoms with E-state index in [-0.39, 0.29) is 11.7 Å². The second kappa shape index (κ2) is 9.73. The summed E-state index contributed by atoms with van der Waals surface area (Å²) in [5.74, 6) is 1.66. The molecular formula is C21H26N4O3. The van der Waals surface area contributed by atoms with Gasteiger partial charge in [-0.2, -0.15) is 0 Å². The van der Waals surface area contributed by atoms with Gasteiger partial charge in [0, 0.05) is 30.7 Å². The Balaban J connectivity index is 1.71. The SMILES string of the molecule is CCCCNC(=NCc1ccc([N+](=O)[O-])cc1)NC1CCOc2ccccc21. The Hall–Kier alpha value is -3.09.